The number of carbonyl (C=O) groups excluding carboxylic acids is 1. The Morgan fingerprint density at radius 3 is 2.38 bits per heavy atom. The summed E-state index contributed by atoms with van der Waals surface area (Å²) in [5.74, 6) is 0.0684. The summed E-state index contributed by atoms with van der Waals surface area (Å²) in [6.07, 6.45) is 2.12. The van der Waals surface area contributed by atoms with Gasteiger partial charge in [0.2, 0.25) is 0 Å². The maximum atomic E-state index is 12.8. The minimum atomic E-state index is 0.0684. The van der Waals surface area contributed by atoms with Crippen LogP contribution in [0.1, 0.15) is 21.5 Å². The molecule has 3 aromatic rings. The first-order chi connectivity index (χ1) is 10.3. The molecule has 0 saturated heterocycles. The summed E-state index contributed by atoms with van der Waals surface area (Å²) < 4.78 is 0. The van der Waals surface area contributed by atoms with Gasteiger partial charge in [-0.15, -0.1) is 0 Å². The van der Waals surface area contributed by atoms with Crippen molar-refractivity contribution in [1.82, 2.24) is 0 Å². The van der Waals surface area contributed by atoms with Gasteiger partial charge in [-0.2, -0.15) is 0 Å². The quantitative estimate of drug-likeness (QED) is 0.595. The fourth-order valence-electron chi connectivity index (χ4n) is 3.43. The number of fused-ring (bicyclic) bond motifs is 4. The highest BCUT2D eigenvalue weighted by Gasteiger charge is 2.36. The molecule has 2 aliphatic heterocycles. The molecule has 0 unspecified atom stereocenters. The number of hydrogen-bond donors (Lipinski definition) is 0. The normalized spacial score (nSPS) is 15.0. The molecule has 3 aromatic carbocycles. The van der Waals surface area contributed by atoms with Gasteiger partial charge in [0.05, 0.1) is 11.4 Å². The smallest absolute Gasteiger partial charge is 0.263 e. The third-order valence-corrected chi connectivity index (χ3v) is 4.33. The Morgan fingerprint density at radius 2 is 1.52 bits per heavy atom. The van der Waals surface area contributed by atoms with E-state index in [-0.39, 0.29) is 5.91 Å². The standard InChI is InChI=1S/C19H11NO/c21-19-15-9-2-1-8-14(15)17-11-13-7-3-5-12-6-4-10-16(18(12)13)20(17)19/h1-11H. The summed E-state index contributed by atoms with van der Waals surface area (Å²) in [5.41, 5.74) is 4.96. The number of nitrogens with zero attached hydrogens (tertiary/aromatic N) is 1. The molecule has 0 fully saturated rings. The van der Waals surface area contributed by atoms with Gasteiger partial charge in [0.15, 0.2) is 0 Å². The van der Waals surface area contributed by atoms with Crippen LogP contribution in [0.2, 0.25) is 0 Å². The monoisotopic (exact) mass is 269 g/mol. The van der Waals surface area contributed by atoms with E-state index in [0.717, 1.165) is 27.9 Å². The highest BCUT2D eigenvalue weighted by Crippen LogP contribution is 2.45. The van der Waals surface area contributed by atoms with Crippen LogP contribution >= 0.6 is 0 Å². The van der Waals surface area contributed by atoms with E-state index in [4.69, 9.17) is 0 Å². The van der Waals surface area contributed by atoms with Crippen LogP contribution in [0.3, 0.4) is 0 Å². The van der Waals surface area contributed by atoms with Crippen molar-refractivity contribution in [1.29, 1.82) is 0 Å². The Morgan fingerprint density at radius 1 is 0.762 bits per heavy atom. The molecule has 2 heterocycles. The van der Waals surface area contributed by atoms with Crippen molar-refractivity contribution < 1.29 is 4.79 Å². The first-order valence-electron chi connectivity index (χ1n) is 7.02. The third kappa shape index (κ3) is 1.24. The van der Waals surface area contributed by atoms with Crippen LogP contribution < -0.4 is 4.90 Å². The van der Waals surface area contributed by atoms with Gasteiger partial charge in [-0.25, -0.2) is 0 Å². The Kier molecular flexibility index (Phi) is 1.87. The van der Waals surface area contributed by atoms with E-state index in [1.807, 2.05) is 41.3 Å². The molecule has 0 aromatic heterocycles. The molecule has 0 N–H and O–H groups in total. The summed E-state index contributed by atoms with van der Waals surface area (Å²) in [5, 5.41) is 2.33. The van der Waals surface area contributed by atoms with Gasteiger partial charge >= 0.3 is 0 Å². The number of anilines is 1. The van der Waals surface area contributed by atoms with E-state index in [1.165, 1.54) is 10.9 Å². The van der Waals surface area contributed by atoms with Crippen LogP contribution in [0.15, 0.2) is 60.7 Å². The summed E-state index contributed by atoms with van der Waals surface area (Å²) in [7, 11) is 0. The van der Waals surface area contributed by atoms with Gasteiger partial charge in [0.25, 0.3) is 5.91 Å². The molecule has 0 saturated carbocycles. The lowest BCUT2D eigenvalue weighted by atomic mass is 9.97. The van der Waals surface area contributed by atoms with E-state index < -0.39 is 0 Å². The van der Waals surface area contributed by atoms with Crippen LogP contribution in [-0.4, -0.2) is 5.91 Å². The maximum Gasteiger partial charge on any atom is 0.263 e. The molecular formula is C19H11NO. The van der Waals surface area contributed by atoms with E-state index in [9.17, 15) is 4.79 Å². The average Bonchev–Trinajstić information content (AvgIpc) is 2.82. The van der Waals surface area contributed by atoms with Crippen molar-refractivity contribution in [2.75, 3.05) is 4.90 Å². The fourth-order valence-corrected chi connectivity index (χ4v) is 3.43. The first kappa shape index (κ1) is 10.9. The average molecular weight is 269 g/mol. The fraction of sp³-hybridized carbons (Fsp3) is 0. The van der Waals surface area contributed by atoms with E-state index in [2.05, 4.69) is 30.3 Å². The lowest BCUT2D eigenvalue weighted by Gasteiger charge is -2.25. The summed E-state index contributed by atoms with van der Waals surface area (Å²) in [4.78, 5) is 14.6. The largest absolute Gasteiger partial charge is 0.276 e. The van der Waals surface area contributed by atoms with Gasteiger partial charge < -0.3 is 0 Å². The molecular weight excluding hydrogens is 258 g/mol. The zero-order chi connectivity index (χ0) is 14.0. The Balaban J connectivity index is 1.93. The van der Waals surface area contributed by atoms with Gasteiger partial charge in [0.1, 0.15) is 0 Å². The van der Waals surface area contributed by atoms with Crippen molar-refractivity contribution in [3.05, 3.63) is 77.4 Å². The molecule has 21 heavy (non-hydrogen) atoms. The van der Waals surface area contributed by atoms with Crippen LogP contribution in [-0.2, 0) is 0 Å². The van der Waals surface area contributed by atoms with Crippen molar-refractivity contribution in [2.45, 2.75) is 0 Å². The summed E-state index contributed by atoms with van der Waals surface area (Å²) >= 11 is 0. The third-order valence-electron chi connectivity index (χ3n) is 4.33. The van der Waals surface area contributed by atoms with Crippen LogP contribution in [0, 0.1) is 0 Å². The maximum absolute atomic E-state index is 12.8. The number of rotatable bonds is 0. The molecule has 0 bridgehead atoms. The van der Waals surface area contributed by atoms with Gasteiger partial charge in [-0.1, -0.05) is 48.5 Å². The lowest BCUT2D eigenvalue weighted by Crippen LogP contribution is -2.24. The molecule has 0 atom stereocenters. The number of benzene rings is 3. The van der Waals surface area contributed by atoms with E-state index in [1.54, 1.807) is 0 Å². The zero-order valence-corrected chi connectivity index (χ0v) is 11.2. The second kappa shape index (κ2) is 3.61. The second-order valence-electron chi connectivity index (χ2n) is 5.44. The van der Waals surface area contributed by atoms with Crippen LogP contribution in [0.5, 0.6) is 0 Å². The number of amides is 1. The second-order valence-corrected chi connectivity index (χ2v) is 5.44. The Hall–Kier alpha value is -2.87. The van der Waals surface area contributed by atoms with E-state index in [0.29, 0.717) is 0 Å². The van der Waals surface area contributed by atoms with Crippen molar-refractivity contribution in [2.24, 2.45) is 0 Å². The van der Waals surface area contributed by atoms with E-state index >= 15 is 0 Å². The first-order valence-corrected chi connectivity index (χ1v) is 7.02. The molecule has 0 spiro atoms. The Bertz CT molecular complexity index is 963. The molecule has 2 heteroatoms. The molecule has 0 radical (unpaired) electrons. The molecule has 2 aliphatic rings. The number of carbonyl (C=O) groups is 1. The van der Waals surface area contributed by atoms with Crippen molar-refractivity contribution in [3.63, 3.8) is 0 Å². The van der Waals surface area contributed by atoms with Gasteiger partial charge in [0, 0.05) is 16.5 Å². The summed E-state index contributed by atoms with van der Waals surface area (Å²) in [6, 6.07) is 20.2. The lowest BCUT2D eigenvalue weighted by molar-refractivity contribution is 0.101. The minimum Gasteiger partial charge on any atom is -0.276 e. The SMILES string of the molecule is O=C1c2ccccc2C2=Cc3cccc4cccc(c34)N12. The van der Waals surface area contributed by atoms with Crippen LogP contribution in [0.4, 0.5) is 5.69 Å². The van der Waals surface area contributed by atoms with Crippen molar-refractivity contribution in [3.8, 4) is 0 Å². The Labute approximate surface area is 121 Å². The molecule has 98 valence electrons. The highest BCUT2D eigenvalue weighted by atomic mass is 16.2. The predicted octanol–water partition coefficient (Wildman–Crippen LogP) is 4.31. The van der Waals surface area contributed by atoms with Gasteiger partial charge in [-0.05, 0) is 29.2 Å². The minimum absolute atomic E-state index is 0.0684. The molecule has 0 aliphatic carbocycles. The molecule has 1 amide bonds. The predicted molar refractivity (Wildman–Crippen MR) is 85.1 cm³/mol. The summed E-state index contributed by atoms with van der Waals surface area (Å²) in [6.45, 7) is 0. The van der Waals surface area contributed by atoms with Crippen molar-refractivity contribution >= 4 is 34.1 Å². The van der Waals surface area contributed by atoms with Crippen LogP contribution in [0.25, 0.3) is 22.5 Å². The number of hydrogen-bond acceptors (Lipinski definition) is 1. The highest BCUT2D eigenvalue weighted by molar-refractivity contribution is 6.29. The molecule has 5 rings (SSSR count). The molecule has 2 nitrogen and oxygen atoms in total. The zero-order valence-electron chi connectivity index (χ0n) is 11.2. The topological polar surface area (TPSA) is 20.3 Å². The van der Waals surface area contributed by atoms with Gasteiger partial charge in [-0.3, -0.25) is 9.69 Å².